The average molecular weight is 511 g/mol. The second-order valence-electron chi connectivity index (χ2n) is 10.7. The van der Waals surface area contributed by atoms with Gasteiger partial charge >= 0.3 is 0 Å². The number of benzene rings is 2. The highest BCUT2D eigenvalue weighted by Gasteiger charge is 2.28. The molecule has 5 nitrogen and oxygen atoms in total. The van der Waals surface area contributed by atoms with Crippen molar-refractivity contribution in [1.29, 1.82) is 0 Å². The van der Waals surface area contributed by atoms with Gasteiger partial charge in [0.05, 0.1) is 5.75 Å². The maximum absolute atomic E-state index is 12.8. The third-order valence-corrected chi connectivity index (χ3v) is 8.29. The minimum atomic E-state index is 0.0442. The van der Waals surface area contributed by atoms with E-state index >= 15 is 0 Å². The monoisotopic (exact) mass is 510 g/mol. The molecule has 1 amide bonds. The Hall–Kier alpha value is -2.31. The SMILES string of the molecule is CC1CCCC(NC(=O)CSc2nnc(-c3ccc(C(C)(C)C)cc3)n2-c2ccc(Cl)cc2)C1C. The molecule has 7 heteroatoms. The third kappa shape index (κ3) is 6.10. The van der Waals surface area contributed by atoms with Crippen LogP contribution in [-0.4, -0.2) is 32.5 Å². The second kappa shape index (κ2) is 10.8. The van der Waals surface area contributed by atoms with Crippen LogP contribution in [0.5, 0.6) is 0 Å². The van der Waals surface area contributed by atoms with Gasteiger partial charge in [0, 0.05) is 22.3 Å². The largest absolute Gasteiger partial charge is 0.352 e. The Balaban J connectivity index is 1.57. The van der Waals surface area contributed by atoms with Gasteiger partial charge in [-0.3, -0.25) is 9.36 Å². The standard InChI is InChI=1S/C28H35ClN4OS/c1-18-7-6-8-24(19(18)2)30-25(34)17-35-27-32-31-26(33(27)23-15-13-22(29)14-16-23)20-9-11-21(12-10-20)28(3,4)5/h9-16,18-19,24H,6-8,17H2,1-5H3,(H,30,34). The number of hydrogen-bond donors (Lipinski definition) is 1. The summed E-state index contributed by atoms with van der Waals surface area (Å²) in [6.45, 7) is 11.1. The van der Waals surface area contributed by atoms with E-state index in [1.165, 1.54) is 30.2 Å². The number of carbonyl (C=O) groups is 1. The number of nitrogens with zero attached hydrogens (tertiary/aromatic N) is 3. The van der Waals surface area contributed by atoms with Gasteiger partial charge in [0.2, 0.25) is 5.91 Å². The highest BCUT2D eigenvalue weighted by molar-refractivity contribution is 7.99. The van der Waals surface area contributed by atoms with Gasteiger partial charge in [-0.2, -0.15) is 0 Å². The zero-order valence-corrected chi connectivity index (χ0v) is 22.8. The van der Waals surface area contributed by atoms with E-state index in [4.69, 9.17) is 11.6 Å². The van der Waals surface area contributed by atoms with E-state index < -0.39 is 0 Å². The van der Waals surface area contributed by atoms with Crippen molar-refractivity contribution in [3.63, 3.8) is 0 Å². The van der Waals surface area contributed by atoms with Crippen LogP contribution >= 0.6 is 23.4 Å². The van der Waals surface area contributed by atoms with Gasteiger partial charge in [-0.25, -0.2) is 0 Å². The molecule has 35 heavy (non-hydrogen) atoms. The van der Waals surface area contributed by atoms with Crippen LogP contribution < -0.4 is 5.32 Å². The highest BCUT2D eigenvalue weighted by Crippen LogP contribution is 2.32. The first-order chi connectivity index (χ1) is 16.6. The normalized spacial score (nSPS) is 20.6. The van der Waals surface area contributed by atoms with E-state index in [0.717, 1.165) is 23.5 Å². The van der Waals surface area contributed by atoms with Gasteiger partial charge < -0.3 is 5.32 Å². The lowest BCUT2D eigenvalue weighted by Crippen LogP contribution is -2.44. The van der Waals surface area contributed by atoms with Gasteiger partial charge in [0.25, 0.3) is 0 Å². The molecule has 3 atom stereocenters. The maximum atomic E-state index is 12.8. The summed E-state index contributed by atoms with van der Waals surface area (Å²) in [7, 11) is 0. The molecule has 1 aromatic heterocycles. The van der Waals surface area contributed by atoms with Crippen LogP contribution in [-0.2, 0) is 10.2 Å². The molecule has 1 fully saturated rings. The Labute approximate surface area is 218 Å². The summed E-state index contributed by atoms with van der Waals surface area (Å²) >= 11 is 7.56. The zero-order valence-electron chi connectivity index (χ0n) is 21.2. The quantitative estimate of drug-likeness (QED) is 0.366. The summed E-state index contributed by atoms with van der Waals surface area (Å²) in [6.07, 6.45) is 3.47. The van der Waals surface area contributed by atoms with Crippen molar-refractivity contribution in [2.45, 2.75) is 70.5 Å². The topological polar surface area (TPSA) is 59.8 Å². The number of halogens is 1. The number of rotatable bonds is 6. The van der Waals surface area contributed by atoms with Crippen molar-refractivity contribution in [1.82, 2.24) is 20.1 Å². The Morgan fingerprint density at radius 3 is 2.40 bits per heavy atom. The molecule has 0 saturated heterocycles. The van der Waals surface area contributed by atoms with Crippen LogP contribution in [0.1, 0.15) is 59.4 Å². The van der Waals surface area contributed by atoms with Crippen LogP contribution in [0, 0.1) is 11.8 Å². The molecule has 1 N–H and O–H groups in total. The number of carbonyl (C=O) groups excluding carboxylic acids is 1. The smallest absolute Gasteiger partial charge is 0.230 e. The van der Waals surface area contributed by atoms with Crippen LogP contribution in [0.15, 0.2) is 53.7 Å². The molecule has 0 radical (unpaired) electrons. The summed E-state index contributed by atoms with van der Waals surface area (Å²) in [5.74, 6) is 2.22. The van der Waals surface area contributed by atoms with Crippen LogP contribution in [0.2, 0.25) is 5.02 Å². The van der Waals surface area contributed by atoms with E-state index in [9.17, 15) is 4.79 Å². The predicted molar refractivity (Wildman–Crippen MR) is 145 cm³/mol. The lowest BCUT2D eigenvalue weighted by Gasteiger charge is -2.34. The number of thioether (sulfide) groups is 1. The van der Waals surface area contributed by atoms with Crippen molar-refractivity contribution in [3.8, 4) is 17.1 Å². The van der Waals surface area contributed by atoms with E-state index in [2.05, 4.69) is 74.4 Å². The lowest BCUT2D eigenvalue weighted by molar-refractivity contribution is -0.120. The summed E-state index contributed by atoms with van der Waals surface area (Å²) in [4.78, 5) is 12.8. The first-order valence-corrected chi connectivity index (χ1v) is 13.7. The van der Waals surface area contributed by atoms with Crippen molar-refractivity contribution >= 4 is 29.3 Å². The molecular weight excluding hydrogens is 476 g/mol. The molecule has 0 aliphatic heterocycles. The summed E-state index contributed by atoms with van der Waals surface area (Å²) < 4.78 is 2.01. The van der Waals surface area contributed by atoms with Crippen molar-refractivity contribution in [2.75, 3.05) is 5.75 Å². The molecule has 1 heterocycles. The molecule has 2 aromatic carbocycles. The average Bonchev–Trinajstić information content (AvgIpc) is 3.25. The van der Waals surface area contributed by atoms with Crippen molar-refractivity contribution in [3.05, 3.63) is 59.1 Å². The molecular formula is C28H35ClN4OS. The molecule has 3 unspecified atom stereocenters. The summed E-state index contributed by atoms with van der Waals surface area (Å²) in [6, 6.07) is 16.3. The minimum Gasteiger partial charge on any atom is -0.352 e. The molecule has 186 valence electrons. The first kappa shape index (κ1) is 25.8. The third-order valence-electron chi connectivity index (χ3n) is 7.11. The lowest BCUT2D eigenvalue weighted by atomic mass is 9.78. The Morgan fingerprint density at radius 1 is 1.06 bits per heavy atom. The molecule has 0 bridgehead atoms. The maximum Gasteiger partial charge on any atom is 0.230 e. The number of amides is 1. The number of aromatic nitrogens is 3. The summed E-state index contributed by atoms with van der Waals surface area (Å²) in [5, 5.41) is 13.6. The number of nitrogens with one attached hydrogen (secondary N) is 1. The van der Waals surface area contributed by atoms with E-state index in [0.29, 0.717) is 27.8 Å². The van der Waals surface area contributed by atoms with E-state index in [1.807, 2.05) is 28.8 Å². The van der Waals surface area contributed by atoms with Gasteiger partial charge in [-0.1, -0.05) is 95.1 Å². The van der Waals surface area contributed by atoms with E-state index in [1.54, 1.807) is 0 Å². The Kier molecular flexibility index (Phi) is 7.92. The van der Waals surface area contributed by atoms with Gasteiger partial charge in [0.1, 0.15) is 0 Å². The van der Waals surface area contributed by atoms with Crippen molar-refractivity contribution in [2.24, 2.45) is 11.8 Å². The Bertz CT molecular complexity index is 1150. The van der Waals surface area contributed by atoms with Crippen molar-refractivity contribution < 1.29 is 4.79 Å². The fraction of sp³-hybridized carbons (Fsp3) is 0.464. The fourth-order valence-electron chi connectivity index (χ4n) is 4.66. The summed E-state index contributed by atoms with van der Waals surface area (Å²) in [5.41, 5.74) is 3.22. The zero-order chi connectivity index (χ0) is 25.2. The van der Waals surface area contributed by atoms with Crippen LogP contribution in [0.3, 0.4) is 0 Å². The fourth-order valence-corrected chi connectivity index (χ4v) is 5.55. The Morgan fingerprint density at radius 2 is 1.74 bits per heavy atom. The first-order valence-electron chi connectivity index (χ1n) is 12.4. The van der Waals surface area contributed by atoms with E-state index in [-0.39, 0.29) is 17.4 Å². The van der Waals surface area contributed by atoms with Crippen LogP contribution in [0.25, 0.3) is 17.1 Å². The van der Waals surface area contributed by atoms with Gasteiger partial charge in [-0.15, -0.1) is 10.2 Å². The highest BCUT2D eigenvalue weighted by atomic mass is 35.5. The molecule has 1 aliphatic carbocycles. The predicted octanol–water partition coefficient (Wildman–Crippen LogP) is 6.92. The minimum absolute atomic E-state index is 0.0442. The molecule has 1 aliphatic rings. The van der Waals surface area contributed by atoms with Crippen LogP contribution in [0.4, 0.5) is 0 Å². The molecule has 0 spiro atoms. The number of hydrogen-bond acceptors (Lipinski definition) is 4. The van der Waals surface area contributed by atoms with Gasteiger partial charge in [-0.05, 0) is 53.5 Å². The molecule has 1 saturated carbocycles. The second-order valence-corrected chi connectivity index (χ2v) is 12.1. The molecule has 3 aromatic rings. The molecule has 4 rings (SSSR count). The van der Waals surface area contributed by atoms with Gasteiger partial charge in [0.15, 0.2) is 11.0 Å².